The van der Waals surface area contributed by atoms with E-state index in [4.69, 9.17) is 28.4 Å². The molecule has 2 rings (SSSR count). The van der Waals surface area contributed by atoms with Gasteiger partial charge in [-0.05, 0) is 69.5 Å². The molecule has 0 fully saturated rings. The molecule has 0 aliphatic rings. The second-order valence-corrected chi connectivity index (χ2v) is 9.63. The molecule has 0 N–H and O–H groups in total. The molecular weight excluding hydrogens is 524 g/mol. The van der Waals surface area contributed by atoms with Crippen LogP contribution in [0.15, 0.2) is 72.8 Å². The van der Waals surface area contributed by atoms with Crippen LogP contribution in [0.25, 0.3) is 0 Å². The summed E-state index contributed by atoms with van der Waals surface area (Å²) in [5.41, 5.74) is 3.03. The third kappa shape index (κ3) is 11.8. The van der Waals surface area contributed by atoms with Crippen molar-refractivity contribution >= 4 is 11.9 Å². The van der Waals surface area contributed by atoms with Crippen molar-refractivity contribution in [1.82, 2.24) is 0 Å². The number of hydrogen-bond acceptors (Lipinski definition) is 8. The number of esters is 2. The fourth-order valence-corrected chi connectivity index (χ4v) is 3.98. The molecule has 8 nitrogen and oxygen atoms in total. The quantitative estimate of drug-likeness (QED) is 0.150. The zero-order valence-electron chi connectivity index (χ0n) is 25.0. The molecule has 224 valence electrons. The highest BCUT2D eigenvalue weighted by Gasteiger charge is 2.17. The highest BCUT2D eigenvalue weighted by molar-refractivity contribution is 5.87. The summed E-state index contributed by atoms with van der Waals surface area (Å²) in [7, 11) is 0. The van der Waals surface area contributed by atoms with Gasteiger partial charge in [-0.1, -0.05) is 44.3 Å². The normalized spacial score (nSPS) is 13.0. The Balaban J connectivity index is 1.94. The first-order chi connectivity index (χ1) is 19.7. The molecule has 0 aliphatic carbocycles. The molecule has 0 heterocycles. The van der Waals surface area contributed by atoms with Crippen molar-refractivity contribution in [3.05, 3.63) is 84.0 Å². The Hall–Kier alpha value is -3.62. The van der Waals surface area contributed by atoms with Crippen LogP contribution in [-0.4, -0.2) is 63.8 Å². The summed E-state index contributed by atoms with van der Waals surface area (Å²) >= 11 is 0. The molecular formula is C33H44O8. The lowest BCUT2D eigenvalue weighted by atomic mass is 9.89. The van der Waals surface area contributed by atoms with Crippen molar-refractivity contribution in [2.45, 2.75) is 59.2 Å². The van der Waals surface area contributed by atoms with Gasteiger partial charge in [0.2, 0.25) is 0 Å². The highest BCUT2D eigenvalue weighted by Crippen LogP contribution is 2.30. The van der Waals surface area contributed by atoms with E-state index in [0.717, 1.165) is 6.42 Å². The standard InChI is InChI=1S/C33H44O8/c1-8-31(25-11-15-27(16-12-25)38-19-29(36-9-2)21-40-32(34)23(4)5)26-13-17-28(18-14-26)39-20-30(37-10-3)22-41-33(35)24(6)7/h11-18,29-31H,4,6,8-10,19-22H2,1-3,5,7H3. The minimum Gasteiger partial charge on any atom is -0.491 e. The molecule has 2 aromatic rings. The number of carbonyl (C=O) groups is 2. The zero-order valence-corrected chi connectivity index (χ0v) is 25.0. The zero-order chi connectivity index (χ0) is 30.2. The van der Waals surface area contributed by atoms with Gasteiger partial charge in [0.15, 0.2) is 0 Å². The molecule has 2 unspecified atom stereocenters. The molecule has 2 aromatic carbocycles. The summed E-state index contributed by atoms with van der Waals surface area (Å²) in [4.78, 5) is 23.4. The van der Waals surface area contributed by atoms with E-state index in [2.05, 4.69) is 44.3 Å². The van der Waals surface area contributed by atoms with Crippen molar-refractivity contribution in [1.29, 1.82) is 0 Å². The predicted molar refractivity (Wildman–Crippen MR) is 158 cm³/mol. The Morgan fingerprint density at radius 2 is 1.00 bits per heavy atom. The maximum absolute atomic E-state index is 11.7. The molecule has 0 saturated carbocycles. The second-order valence-electron chi connectivity index (χ2n) is 9.63. The van der Waals surface area contributed by atoms with Crippen LogP contribution < -0.4 is 9.47 Å². The summed E-state index contributed by atoms with van der Waals surface area (Å²) in [5, 5.41) is 0. The van der Waals surface area contributed by atoms with Crippen LogP contribution in [0.3, 0.4) is 0 Å². The number of benzene rings is 2. The Morgan fingerprint density at radius 3 is 1.29 bits per heavy atom. The van der Waals surface area contributed by atoms with Crippen LogP contribution in [0.1, 0.15) is 58.1 Å². The Labute approximate surface area is 244 Å². The first-order valence-corrected chi connectivity index (χ1v) is 14.0. The molecule has 0 amide bonds. The van der Waals surface area contributed by atoms with Crippen molar-refractivity contribution in [2.24, 2.45) is 0 Å². The Bertz CT molecular complexity index is 1020. The van der Waals surface area contributed by atoms with E-state index < -0.39 is 11.9 Å². The fraction of sp³-hybridized carbons (Fsp3) is 0.455. The summed E-state index contributed by atoms with van der Waals surface area (Å²) in [6, 6.07) is 16.0. The van der Waals surface area contributed by atoms with Gasteiger partial charge >= 0.3 is 11.9 Å². The van der Waals surface area contributed by atoms with Crippen molar-refractivity contribution in [2.75, 3.05) is 39.6 Å². The largest absolute Gasteiger partial charge is 0.491 e. The average Bonchev–Trinajstić information content (AvgIpc) is 2.97. The topological polar surface area (TPSA) is 89.5 Å². The maximum Gasteiger partial charge on any atom is 0.333 e. The molecule has 0 radical (unpaired) electrons. The minimum absolute atomic E-state index is 0.101. The van der Waals surface area contributed by atoms with Gasteiger partial charge in [0.05, 0.1) is 0 Å². The molecule has 0 bridgehead atoms. The monoisotopic (exact) mass is 568 g/mol. The summed E-state index contributed by atoms with van der Waals surface area (Å²) in [6.07, 6.45) is 0.172. The molecule has 0 aliphatic heterocycles. The molecule has 41 heavy (non-hydrogen) atoms. The minimum atomic E-state index is -0.444. The molecule has 2 atom stereocenters. The lowest BCUT2D eigenvalue weighted by Crippen LogP contribution is -2.28. The smallest absolute Gasteiger partial charge is 0.333 e. The van der Waals surface area contributed by atoms with E-state index in [-0.39, 0.29) is 44.6 Å². The Morgan fingerprint density at radius 1 is 0.634 bits per heavy atom. The summed E-state index contributed by atoms with van der Waals surface area (Å²) in [5.74, 6) is 0.733. The van der Waals surface area contributed by atoms with Gasteiger partial charge in [0.1, 0.15) is 50.1 Å². The SMILES string of the molecule is C=C(C)C(=O)OCC(COc1ccc(C(CC)c2ccc(OCC(COC(=O)C(=C)C)OCC)cc2)cc1)OCC. The summed E-state index contributed by atoms with van der Waals surface area (Å²) < 4.78 is 33.5. The van der Waals surface area contributed by atoms with E-state index in [1.165, 1.54) is 11.1 Å². The number of carbonyl (C=O) groups excluding carboxylic acids is 2. The first kappa shape index (κ1) is 33.6. The van der Waals surface area contributed by atoms with E-state index in [1.54, 1.807) is 13.8 Å². The molecule has 0 saturated heterocycles. The van der Waals surface area contributed by atoms with Crippen LogP contribution in [0.5, 0.6) is 11.5 Å². The van der Waals surface area contributed by atoms with Gasteiger partial charge in [-0.2, -0.15) is 0 Å². The number of hydrogen-bond donors (Lipinski definition) is 0. The third-order valence-corrected chi connectivity index (χ3v) is 6.15. The fourth-order valence-electron chi connectivity index (χ4n) is 3.98. The van der Waals surface area contributed by atoms with Gasteiger partial charge in [0, 0.05) is 30.3 Å². The van der Waals surface area contributed by atoms with Gasteiger partial charge in [-0.25, -0.2) is 9.59 Å². The van der Waals surface area contributed by atoms with E-state index in [1.807, 2.05) is 38.1 Å². The molecule has 8 heteroatoms. The number of ether oxygens (including phenoxy) is 6. The average molecular weight is 569 g/mol. The van der Waals surface area contributed by atoms with Gasteiger partial charge in [0.25, 0.3) is 0 Å². The lowest BCUT2D eigenvalue weighted by molar-refractivity contribution is -0.144. The van der Waals surface area contributed by atoms with E-state index in [9.17, 15) is 9.59 Å². The lowest BCUT2D eigenvalue weighted by Gasteiger charge is -2.20. The van der Waals surface area contributed by atoms with Gasteiger partial charge < -0.3 is 28.4 Å². The highest BCUT2D eigenvalue weighted by atomic mass is 16.6. The maximum atomic E-state index is 11.7. The third-order valence-electron chi connectivity index (χ3n) is 6.15. The molecule has 0 spiro atoms. The van der Waals surface area contributed by atoms with Crippen molar-refractivity contribution < 1.29 is 38.0 Å². The number of rotatable bonds is 19. The van der Waals surface area contributed by atoms with Crippen LogP contribution in [-0.2, 0) is 28.5 Å². The first-order valence-electron chi connectivity index (χ1n) is 14.0. The van der Waals surface area contributed by atoms with Crippen LogP contribution in [0.4, 0.5) is 0 Å². The van der Waals surface area contributed by atoms with Crippen LogP contribution >= 0.6 is 0 Å². The second kappa shape index (κ2) is 17.9. The summed E-state index contributed by atoms with van der Waals surface area (Å²) in [6.45, 7) is 18.0. The predicted octanol–water partition coefficient (Wildman–Crippen LogP) is 6.03. The van der Waals surface area contributed by atoms with Crippen LogP contribution in [0, 0.1) is 0 Å². The van der Waals surface area contributed by atoms with E-state index >= 15 is 0 Å². The van der Waals surface area contributed by atoms with Crippen molar-refractivity contribution in [3.63, 3.8) is 0 Å². The van der Waals surface area contributed by atoms with E-state index in [0.29, 0.717) is 35.9 Å². The van der Waals surface area contributed by atoms with Crippen LogP contribution in [0.2, 0.25) is 0 Å². The Kier molecular flexibility index (Phi) is 14.7. The van der Waals surface area contributed by atoms with Crippen molar-refractivity contribution in [3.8, 4) is 11.5 Å². The van der Waals surface area contributed by atoms with Gasteiger partial charge in [-0.15, -0.1) is 0 Å². The molecule has 0 aromatic heterocycles. The van der Waals surface area contributed by atoms with Gasteiger partial charge in [-0.3, -0.25) is 0 Å².